The van der Waals surface area contributed by atoms with Crippen LogP contribution in [0.15, 0.2) is 22.7 Å². The molecule has 19 heavy (non-hydrogen) atoms. The number of piperidine rings is 1. The van der Waals surface area contributed by atoms with Crippen LogP contribution in [0.25, 0.3) is 0 Å². The van der Waals surface area contributed by atoms with E-state index in [0.29, 0.717) is 23.2 Å². The summed E-state index contributed by atoms with van der Waals surface area (Å²) in [5.41, 5.74) is 6.82. The Morgan fingerprint density at radius 3 is 2.95 bits per heavy atom. The summed E-state index contributed by atoms with van der Waals surface area (Å²) in [7, 11) is 1.75. The number of hydrogen-bond donors (Lipinski definition) is 1. The van der Waals surface area contributed by atoms with Crippen LogP contribution < -0.4 is 5.73 Å². The second-order valence-corrected chi connectivity index (χ2v) is 5.84. The maximum atomic E-state index is 13.5. The maximum Gasteiger partial charge on any atom is 0.137 e. The second kappa shape index (κ2) is 6.79. The van der Waals surface area contributed by atoms with Gasteiger partial charge in [0, 0.05) is 32.8 Å². The van der Waals surface area contributed by atoms with Gasteiger partial charge in [-0.05, 0) is 46.5 Å². The number of halogens is 2. The molecule has 1 aromatic rings. The first-order valence-electron chi connectivity index (χ1n) is 6.55. The average molecular weight is 331 g/mol. The van der Waals surface area contributed by atoms with Gasteiger partial charge >= 0.3 is 0 Å². The molecule has 0 spiro atoms. The van der Waals surface area contributed by atoms with Crippen LogP contribution in [-0.4, -0.2) is 37.2 Å². The Morgan fingerprint density at radius 1 is 1.53 bits per heavy atom. The lowest BCUT2D eigenvalue weighted by Gasteiger charge is -2.38. The molecule has 3 nitrogen and oxygen atoms in total. The maximum absolute atomic E-state index is 13.5. The monoisotopic (exact) mass is 330 g/mol. The van der Waals surface area contributed by atoms with Crippen LogP contribution in [-0.2, 0) is 11.3 Å². The summed E-state index contributed by atoms with van der Waals surface area (Å²) in [5, 5.41) is 0. The molecular weight excluding hydrogens is 311 g/mol. The summed E-state index contributed by atoms with van der Waals surface area (Å²) in [6, 6.07) is 5.60. The van der Waals surface area contributed by atoms with Crippen molar-refractivity contribution in [3.63, 3.8) is 0 Å². The van der Waals surface area contributed by atoms with Crippen LogP contribution in [0.1, 0.15) is 18.4 Å². The minimum absolute atomic E-state index is 0.214. The Morgan fingerprint density at radius 2 is 2.32 bits per heavy atom. The number of benzene rings is 1. The summed E-state index contributed by atoms with van der Waals surface area (Å²) in [4.78, 5) is 2.32. The zero-order valence-corrected chi connectivity index (χ0v) is 12.7. The van der Waals surface area contributed by atoms with E-state index in [1.807, 2.05) is 6.07 Å². The summed E-state index contributed by atoms with van der Waals surface area (Å²) in [5.74, 6) is -0.214. The minimum Gasteiger partial charge on any atom is -0.381 e. The molecule has 1 aliphatic heterocycles. The Hall–Kier alpha value is -0.490. The first kappa shape index (κ1) is 14.9. The van der Waals surface area contributed by atoms with E-state index in [2.05, 4.69) is 20.8 Å². The predicted octanol–water partition coefficient (Wildman–Crippen LogP) is 2.53. The molecule has 2 N–H and O–H groups in total. The molecule has 5 heteroatoms. The minimum atomic E-state index is -0.214. The number of nitrogens with zero attached hydrogens (tertiary/aromatic N) is 1. The Bertz CT molecular complexity index is 430. The number of methoxy groups -OCH3 is 1. The van der Waals surface area contributed by atoms with Crippen molar-refractivity contribution in [2.75, 3.05) is 20.2 Å². The van der Waals surface area contributed by atoms with E-state index in [9.17, 15) is 4.39 Å². The van der Waals surface area contributed by atoms with Gasteiger partial charge in [-0.1, -0.05) is 6.07 Å². The molecule has 106 valence electrons. The van der Waals surface area contributed by atoms with E-state index >= 15 is 0 Å². The van der Waals surface area contributed by atoms with Crippen molar-refractivity contribution in [2.45, 2.75) is 31.5 Å². The quantitative estimate of drug-likeness (QED) is 0.921. The van der Waals surface area contributed by atoms with Crippen molar-refractivity contribution in [3.8, 4) is 0 Å². The van der Waals surface area contributed by atoms with Gasteiger partial charge in [-0.15, -0.1) is 0 Å². The summed E-state index contributed by atoms with van der Waals surface area (Å²) < 4.78 is 19.4. The normalized spacial score (nSPS) is 24.6. The Labute approximate surface area is 122 Å². The lowest BCUT2D eigenvalue weighted by molar-refractivity contribution is 0.0102. The molecule has 0 bridgehead atoms. The van der Waals surface area contributed by atoms with Crippen molar-refractivity contribution in [1.82, 2.24) is 4.90 Å². The zero-order valence-electron chi connectivity index (χ0n) is 11.1. The van der Waals surface area contributed by atoms with E-state index in [4.69, 9.17) is 10.5 Å². The van der Waals surface area contributed by atoms with Crippen molar-refractivity contribution >= 4 is 15.9 Å². The molecule has 0 saturated carbocycles. The number of rotatable bonds is 4. The van der Waals surface area contributed by atoms with Crippen molar-refractivity contribution in [1.29, 1.82) is 0 Å². The molecule has 1 heterocycles. The van der Waals surface area contributed by atoms with Crippen LogP contribution in [0, 0.1) is 5.82 Å². The molecule has 1 fully saturated rings. The zero-order chi connectivity index (χ0) is 13.8. The number of likely N-dealkylation sites (tertiary alicyclic amines) is 1. The predicted molar refractivity (Wildman–Crippen MR) is 77.4 cm³/mol. The van der Waals surface area contributed by atoms with Crippen LogP contribution in [0.4, 0.5) is 4.39 Å². The van der Waals surface area contributed by atoms with Gasteiger partial charge in [0.25, 0.3) is 0 Å². The second-order valence-electron chi connectivity index (χ2n) is 4.99. The molecular formula is C14H20BrFN2O. The molecule has 0 radical (unpaired) electrons. The summed E-state index contributed by atoms with van der Waals surface area (Å²) >= 11 is 3.17. The van der Waals surface area contributed by atoms with Crippen molar-refractivity contribution < 1.29 is 9.13 Å². The van der Waals surface area contributed by atoms with Crippen molar-refractivity contribution in [2.24, 2.45) is 5.73 Å². The molecule has 1 aromatic carbocycles. The molecule has 1 saturated heterocycles. The lowest BCUT2D eigenvalue weighted by Crippen LogP contribution is -2.47. The van der Waals surface area contributed by atoms with Crippen LogP contribution in [0.5, 0.6) is 0 Å². The third kappa shape index (κ3) is 3.75. The molecule has 2 atom stereocenters. The smallest absolute Gasteiger partial charge is 0.137 e. The Kier molecular flexibility index (Phi) is 5.33. The number of hydrogen-bond acceptors (Lipinski definition) is 3. The fourth-order valence-electron chi connectivity index (χ4n) is 2.60. The fourth-order valence-corrected chi connectivity index (χ4v) is 2.85. The van der Waals surface area contributed by atoms with Crippen molar-refractivity contribution in [3.05, 3.63) is 34.1 Å². The van der Waals surface area contributed by atoms with E-state index in [1.54, 1.807) is 19.2 Å². The molecule has 0 aliphatic carbocycles. The van der Waals surface area contributed by atoms with Crippen LogP contribution in [0.2, 0.25) is 0 Å². The topological polar surface area (TPSA) is 38.5 Å². The van der Waals surface area contributed by atoms with Gasteiger partial charge in [0.2, 0.25) is 0 Å². The van der Waals surface area contributed by atoms with Gasteiger partial charge in [0.05, 0.1) is 10.6 Å². The van der Waals surface area contributed by atoms with E-state index in [-0.39, 0.29) is 5.82 Å². The molecule has 1 aliphatic rings. The first-order chi connectivity index (χ1) is 9.13. The van der Waals surface area contributed by atoms with Gasteiger partial charge < -0.3 is 10.5 Å². The summed E-state index contributed by atoms with van der Waals surface area (Å²) in [6.07, 6.45) is 2.25. The highest BCUT2D eigenvalue weighted by Crippen LogP contribution is 2.23. The molecule has 2 unspecified atom stereocenters. The highest BCUT2D eigenvalue weighted by Gasteiger charge is 2.27. The van der Waals surface area contributed by atoms with Gasteiger partial charge in [0.15, 0.2) is 0 Å². The lowest BCUT2D eigenvalue weighted by atomic mass is 9.98. The van der Waals surface area contributed by atoms with Gasteiger partial charge in [-0.25, -0.2) is 4.39 Å². The standard InChI is InChI=1S/C14H20BrFN2O/c1-19-12-4-5-18(11(7-12)8-17)9-10-2-3-13(15)14(16)6-10/h2-3,6,11-12H,4-5,7-9,17H2,1H3. The molecule has 2 rings (SSSR count). The number of nitrogens with two attached hydrogens (primary N) is 1. The van der Waals surface area contributed by atoms with Crippen LogP contribution >= 0.6 is 15.9 Å². The van der Waals surface area contributed by atoms with Gasteiger partial charge in [-0.2, -0.15) is 0 Å². The van der Waals surface area contributed by atoms with Gasteiger partial charge in [-0.3, -0.25) is 4.90 Å². The van der Waals surface area contributed by atoms with E-state index in [1.165, 1.54) is 0 Å². The third-order valence-corrected chi connectivity index (χ3v) is 4.41. The summed E-state index contributed by atoms with van der Waals surface area (Å²) in [6.45, 7) is 2.29. The van der Waals surface area contributed by atoms with Gasteiger partial charge in [0.1, 0.15) is 5.82 Å². The first-order valence-corrected chi connectivity index (χ1v) is 7.34. The number of ether oxygens (including phenoxy) is 1. The highest BCUT2D eigenvalue weighted by molar-refractivity contribution is 9.10. The molecule has 0 amide bonds. The van der Waals surface area contributed by atoms with Crippen LogP contribution in [0.3, 0.4) is 0 Å². The molecule has 0 aromatic heterocycles. The average Bonchev–Trinajstić information content (AvgIpc) is 2.43. The largest absolute Gasteiger partial charge is 0.381 e. The highest BCUT2D eigenvalue weighted by atomic mass is 79.9. The third-order valence-electron chi connectivity index (χ3n) is 3.76. The Balaban J connectivity index is 2.03. The SMILES string of the molecule is COC1CCN(Cc2ccc(Br)c(F)c2)C(CN)C1. The fraction of sp³-hybridized carbons (Fsp3) is 0.571. The van der Waals surface area contributed by atoms with E-state index in [0.717, 1.165) is 31.5 Å². The van der Waals surface area contributed by atoms with E-state index < -0.39 is 0 Å².